The number of hydrogen-bond donors (Lipinski definition) is 0. The summed E-state index contributed by atoms with van der Waals surface area (Å²) in [5.41, 5.74) is 0. The number of unbranched alkanes of at least 4 members (excludes halogenated alkanes) is 12. The second-order valence-electron chi connectivity index (χ2n) is 5.97. The molecule has 20 heavy (non-hydrogen) atoms. The van der Waals surface area contributed by atoms with Crippen LogP contribution >= 0.6 is 0 Å². The molecule has 0 amide bonds. The minimum atomic E-state index is 1.02. The van der Waals surface area contributed by atoms with Gasteiger partial charge < -0.3 is 9.97 Å². The summed E-state index contributed by atoms with van der Waals surface area (Å²) in [6, 6.07) is 0. The molecule has 116 valence electrons. The molecule has 0 aliphatic rings. The van der Waals surface area contributed by atoms with E-state index < -0.39 is 0 Å². The van der Waals surface area contributed by atoms with E-state index in [0.29, 0.717) is 0 Å². The van der Waals surface area contributed by atoms with Gasteiger partial charge in [-0.05, 0) is 12.8 Å². The molecule has 2 nitrogen and oxygen atoms in total. The lowest BCUT2D eigenvalue weighted by Gasteiger charge is -2.04. The highest BCUT2D eigenvalue weighted by molar-refractivity contribution is 4.85. The first-order valence-electron chi connectivity index (χ1n) is 8.86. The SMILES string of the molecule is CCCCCCCCCCCCCCCc1ncc[n-]1. The second-order valence-corrected chi connectivity index (χ2v) is 5.97. The van der Waals surface area contributed by atoms with E-state index in [9.17, 15) is 0 Å². The molecule has 0 spiro atoms. The van der Waals surface area contributed by atoms with Crippen LogP contribution in [0.4, 0.5) is 0 Å². The topological polar surface area (TPSA) is 27.0 Å². The Balaban J connectivity index is 1.70. The first-order chi connectivity index (χ1) is 9.93. The van der Waals surface area contributed by atoms with Crippen molar-refractivity contribution < 1.29 is 0 Å². The summed E-state index contributed by atoms with van der Waals surface area (Å²) in [4.78, 5) is 8.40. The van der Waals surface area contributed by atoms with Crippen molar-refractivity contribution in [1.82, 2.24) is 9.97 Å². The number of rotatable bonds is 14. The molecule has 0 N–H and O–H groups in total. The molecule has 0 atom stereocenters. The predicted octanol–water partition coefficient (Wildman–Crippen LogP) is 5.67. The zero-order valence-electron chi connectivity index (χ0n) is 13.4. The van der Waals surface area contributed by atoms with Crippen LogP contribution in [-0.2, 0) is 6.42 Å². The Morgan fingerprint density at radius 3 is 1.70 bits per heavy atom. The first kappa shape index (κ1) is 17.3. The van der Waals surface area contributed by atoms with Crippen LogP contribution in [0.25, 0.3) is 0 Å². The Morgan fingerprint density at radius 1 is 0.750 bits per heavy atom. The van der Waals surface area contributed by atoms with Crippen molar-refractivity contribution in [3.63, 3.8) is 0 Å². The van der Waals surface area contributed by atoms with Crippen molar-refractivity contribution in [1.29, 1.82) is 0 Å². The quantitative estimate of drug-likeness (QED) is 0.409. The van der Waals surface area contributed by atoms with E-state index in [0.717, 1.165) is 12.2 Å². The van der Waals surface area contributed by atoms with E-state index in [-0.39, 0.29) is 0 Å². The van der Waals surface area contributed by atoms with Crippen molar-refractivity contribution in [3.8, 4) is 0 Å². The molecule has 1 aromatic heterocycles. The maximum atomic E-state index is 4.20. The average molecular weight is 277 g/mol. The molecule has 1 aromatic rings. The van der Waals surface area contributed by atoms with Gasteiger partial charge in [0, 0.05) is 0 Å². The third kappa shape index (κ3) is 10.1. The van der Waals surface area contributed by atoms with Crippen LogP contribution in [-0.4, -0.2) is 4.98 Å². The predicted molar refractivity (Wildman–Crippen MR) is 87.0 cm³/mol. The Morgan fingerprint density at radius 2 is 1.25 bits per heavy atom. The third-order valence-corrected chi connectivity index (χ3v) is 4.02. The number of hydrogen-bond acceptors (Lipinski definition) is 1. The molecular formula is C18H33N2-. The molecule has 0 saturated heterocycles. The van der Waals surface area contributed by atoms with E-state index in [2.05, 4.69) is 16.9 Å². The van der Waals surface area contributed by atoms with Gasteiger partial charge in [-0.2, -0.15) is 0 Å². The van der Waals surface area contributed by atoms with Gasteiger partial charge in [0.25, 0.3) is 0 Å². The lowest BCUT2D eigenvalue weighted by Crippen LogP contribution is -1.90. The largest absolute Gasteiger partial charge is 0.446 e. The van der Waals surface area contributed by atoms with E-state index in [1.165, 1.54) is 83.5 Å². The van der Waals surface area contributed by atoms with Crippen LogP contribution in [0.1, 0.15) is 96.2 Å². The van der Waals surface area contributed by atoms with Crippen LogP contribution in [0, 0.1) is 0 Å². The first-order valence-corrected chi connectivity index (χ1v) is 8.86. The molecule has 0 fully saturated rings. The van der Waals surface area contributed by atoms with Crippen molar-refractivity contribution >= 4 is 0 Å². The van der Waals surface area contributed by atoms with Gasteiger partial charge in [0.05, 0.1) is 0 Å². The van der Waals surface area contributed by atoms with Crippen molar-refractivity contribution in [2.75, 3.05) is 0 Å². The highest BCUT2D eigenvalue weighted by atomic mass is 14.9. The number of imidazole rings is 1. The van der Waals surface area contributed by atoms with E-state index in [4.69, 9.17) is 0 Å². The highest BCUT2D eigenvalue weighted by Gasteiger charge is 1.93. The Labute approximate surface area is 125 Å². The number of aromatic nitrogens is 2. The second kappa shape index (κ2) is 13.2. The average Bonchev–Trinajstić information content (AvgIpc) is 2.97. The Hall–Kier alpha value is -0.790. The monoisotopic (exact) mass is 277 g/mol. The summed E-state index contributed by atoms with van der Waals surface area (Å²) in [5.74, 6) is 1.02. The Bertz CT molecular complexity index is 280. The molecule has 0 aliphatic heterocycles. The van der Waals surface area contributed by atoms with Crippen LogP contribution in [0.5, 0.6) is 0 Å². The number of aryl methyl sites for hydroxylation is 1. The number of nitrogens with zero attached hydrogens (tertiary/aromatic N) is 2. The van der Waals surface area contributed by atoms with Crippen LogP contribution in [0.3, 0.4) is 0 Å². The summed E-state index contributed by atoms with van der Waals surface area (Å²) in [6.07, 6.45) is 23.0. The molecule has 0 radical (unpaired) electrons. The maximum Gasteiger partial charge on any atom is -0.0358 e. The zero-order valence-corrected chi connectivity index (χ0v) is 13.4. The standard InChI is InChI=1S/C18H33N2/c1-2-3-4-5-6-7-8-9-10-11-12-13-14-15-18-19-16-17-20-18/h16-17H,2-15H2,1H3/q-1. The molecule has 0 unspecified atom stereocenters. The molecule has 1 heterocycles. The van der Waals surface area contributed by atoms with Crippen molar-refractivity contribution in [2.45, 2.75) is 96.8 Å². The molecule has 0 bridgehead atoms. The summed E-state index contributed by atoms with van der Waals surface area (Å²) in [7, 11) is 0. The summed E-state index contributed by atoms with van der Waals surface area (Å²) < 4.78 is 0. The molecular weight excluding hydrogens is 244 g/mol. The molecule has 0 saturated carbocycles. The lowest BCUT2D eigenvalue weighted by molar-refractivity contribution is 0.538. The van der Waals surface area contributed by atoms with E-state index >= 15 is 0 Å². The minimum absolute atomic E-state index is 1.02. The van der Waals surface area contributed by atoms with Crippen molar-refractivity contribution in [2.24, 2.45) is 0 Å². The minimum Gasteiger partial charge on any atom is -0.446 e. The van der Waals surface area contributed by atoms with Crippen LogP contribution in [0.15, 0.2) is 12.4 Å². The van der Waals surface area contributed by atoms with Gasteiger partial charge in [0.1, 0.15) is 0 Å². The van der Waals surface area contributed by atoms with Crippen LogP contribution < -0.4 is 4.98 Å². The third-order valence-electron chi connectivity index (χ3n) is 4.02. The van der Waals surface area contributed by atoms with E-state index in [1.807, 2.05) is 0 Å². The normalized spacial score (nSPS) is 11.1. The smallest absolute Gasteiger partial charge is 0.0358 e. The highest BCUT2D eigenvalue weighted by Crippen LogP contribution is 2.12. The van der Waals surface area contributed by atoms with Gasteiger partial charge in [-0.3, -0.25) is 0 Å². The fourth-order valence-electron chi connectivity index (χ4n) is 2.70. The van der Waals surface area contributed by atoms with Gasteiger partial charge in [-0.1, -0.05) is 102 Å². The van der Waals surface area contributed by atoms with Crippen molar-refractivity contribution in [3.05, 3.63) is 18.2 Å². The molecule has 0 aromatic carbocycles. The van der Waals surface area contributed by atoms with Gasteiger partial charge in [0.2, 0.25) is 0 Å². The summed E-state index contributed by atoms with van der Waals surface area (Å²) in [5, 5.41) is 0. The summed E-state index contributed by atoms with van der Waals surface area (Å²) >= 11 is 0. The molecule has 2 heteroatoms. The Kier molecular flexibility index (Phi) is 11.4. The summed E-state index contributed by atoms with van der Waals surface area (Å²) in [6.45, 7) is 2.28. The fraction of sp³-hybridized carbons (Fsp3) is 0.833. The maximum absolute atomic E-state index is 4.20. The van der Waals surface area contributed by atoms with Gasteiger partial charge in [-0.15, -0.1) is 0 Å². The van der Waals surface area contributed by atoms with Gasteiger partial charge in [-0.25, -0.2) is 0 Å². The van der Waals surface area contributed by atoms with Gasteiger partial charge in [0.15, 0.2) is 0 Å². The van der Waals surface area contributed by atoms with Gasteiger partial charge >= 0.3 is 0 Å². The molecule has 0 aliphatic carbocycles. The zero-order chi connectivity index (χ0) is 14.3. The fourth-order valence-corrected chi connectivity index (χ4v) is 2.70. The van der Waals surface area contributed by atoms with Crippen LogP contribution in [0.2, 0.25) is 0 Å². The van der Waals surface area contributed by atoms with E-state index in [1.54, 1.807) is 12.4 Å². The lowest BCUT2D eigenvalue weighted by atomic mass is 10.0. The molecule has 1 rings (SSSR count).